The van der Waals surface area contributed by atoms with E-state index in [1.54, 1.807) is 18.2 Å². The standard InChI is InChI=1S/C13H17FN4/c1-9(2)8-18-12(7-15)16-17-13(18)10-5-3-4-6-11(10)14/h3-6,9H,7-8,15H2,1-2H3. The van der Waals surface area contributed by atoms with Crippen molar-refractivity contribution < 1.29 is 4.39 Å². The number of hydrogen-bond donors (Lipinski definition) is 1. The van der Waals surface area contributed by atoms with Crippen molar-refractivity contribution in [2.45, 2.75) is 26.9 Å². The molecule has 0 spiro atoms. The van der Waals surface area contributed by atoms with Gasteiger partial charge < -0.3 is 10.3 Å². The normalized spacial score (nSPS) is 11.2. The Bertz CT molecular complexity index is 534. The molecule has 0 aliphatic heterocycles. The molecule has 0 bridgehead atoms. The predicted molar refractivity (Wildman–Crippen MR) is 68.1 cm³/mol. The van der Waals surface area contributed by atoms with Crippen LogP contribution in [0.4, 0.5) is 4.39 Å². The molecule has 0 atom stereocenters. The Morgan fingerprint density at radius 2 is 2.00 bits per heavy atom. The van der Waals surface area contributed by atoms with Crippen LogP contribution in [0.5, 0.6) is 0 Å². The van der Waals surface area contributed by atoms with E-state index in [9.17, 15) is 4.39 Å². The lowest BCUT2D eigenvalue weighted by Crippen LogP contribution is -2.13. The molecule has 1 aromatic carbocycles. The first-order chi connectivity index (χ1) is 8.63. The quantitative estimate of drug-likeness (QED) is 0.902. The first-order valence-electron chi connectivity index (χ1n) is 6.00. The van der Waals surface area contributed by atoms with E-state index in [4.69, 9.17) is 5.73 Å². The molecule has 2 rings (SSSR count). The fraction of sp³-hybridized carbons (Fsp3) is 0.385. The van der Waals surface area contributed by atoms with Crippen molar-refractivity contribution in [2.75, 3.05) is 0 Å². The Hall–Kier alpha value is -1.75. The number of rotatable bonds is 4. The van der Waals surface area contributed by atoms with Crippen LogP contribution in [0.2, 0.25) is 0 Å². The second kappa shape index (κ2) is 5.27. The van der Waals surface area contributed by atoms with Crippen LogP contribution in [-0.2, 0) is 13.1 Å². The summed E-state index contributed by atoms with van der Waals surface area (Å²) >= 11 is 0. The van der Waals surface area contributed by atoms with Gasteiger partial charge in [-0.2, -0.15) is 0 Å². The van der Waals surface area contributed by atoms with Crippen LogP contribution in [0.15, 0.2) is 24.3 Å². The van der Waals surface area contributed by atoms with E-state index >= 15 is 0 Å². The summed E-state index contributed by atoms with van der Waals surface area (Å²) in [6.45, 7) is 5.20. The van der Waals surface area contributed by atoms with Gasteiger partial charge in [0.15, 0.2) is 5.82 Å². The highest BCUT2D eigenvalue weighted by Gasteiger charge is 2.16. The Morgan fingerprint density at radius 3 is 2.61 bits per heavy atom. The molecule has 0 aliphatic rings. The Labute approximate surface area is 106 Å². The summed E-state index contributed by atoms with van der Waals surface area (Å²) in [5.74, 6) is 1.35. The van der Waals surface area contributed by atoms with Crippen molar-refractivity contribution in [2.24, 2.45) is 11.7 Å². The molecule has 0 saturated carbocycles. The van der Waals surface area contributed by atoms with Crippen molar-refractivity contribution in [3.05, 3.63) is 35.9 Å². The molecule has 2 N–H and O–H groups in total. The molecule has 18 heavy (non-hydrogen) atoms. The van der Waals surface area contributed by atoms with Gasteiger partial charge in [-0.15, -0.1) is 10.2 Å². The highest BCUT2D eigenvalue weighted by atomic mass is 19.1. The van der Waals surface area contributed by atoms with Crippen LogP contribution in [0, 0.1) is 11.7 Å². The van der Waals surface area contributed by atoms with Gasteiger partial charge in [-0.1, -0.05) is 26.0 Å². The molecule has 0 unspecified atom stereocenters. The topological polar surface area (TPSA) is 56.7 Å². The van der Waals surface area contributed by atoms with Gasteiger partial charge in [0.25, 0.3) is 0 Å². The minimum absolute atomic E-state index is 0.293. The molecule has 0 saturated heterocycles. The van der Waals surface area contributed by atoms with Crippen molar-refractivity contribution in [3.8, 4) is 11.4 Å². The van der Waals surface area contributed by atoms with Crippen LogP contribution in [-0.4, -0.2) is 14.8 Å². The third kappa shape index (κ3) is 2.41. The first-order valence-corrected chi connectivity index (χ1v) is 6.00. The maximum absolute atomic E-state index is 13.8. The van der Waals surface area contributed by atoms with E-state index in [1.807, 2.05) is 4.57 Å². The molecule has 2 aromatic rings. The Kier molecular flexibility index (Phi) is 3.72. The minimum Gasteiger partial charge on any atom is -0.324 e. The highest BCUT2D eigenvalue weighted by Crippen LogP contribution is 2.22. The molecule has 96 valence electrons. The lowest BCUT2D eigenvalue weighted by Gasteiger charge is -2.12. The molecular formula is C13H17FN4. The molecule has 0 aliphatic carbocycles. The monoisotopic (exact) mass is 248 g/mol. The smallest absolute Gasteiger partial charge is 0.166 e. The largest absolute Gasteiger partial charge is 0.324 e. The van der Waals surface area contributed by atoms with Gasteiger partial charge in [-0.3, -0.25) is 0 Å². The SMILES string of the molecule is CC(C)Cn1c(CN)nnc1-c1ccccc1F. The van der Waals surface area contributed by atoms with Gasteiger partial charge in [-0.25, -0.2) is 4.39 Å². The van der Waals surface area contributed by atoms with Crippen LogP contribution < -0.4 is 5.73 Å². The van der Waals surface area contributed by atoms with Gasteiger partial charge in [0.2, 0.25) is 0 Å². The van der Waals surface area contributed by atoms with Crippen molar-refractivity contribution >= 4 is 0 Å². The minimum atomic E-state index is -0.293. The van der Waals surface area contributed by atoms with E-state index in [1.165, 1.54) is 6.07 Å². The summed E-state index contributed by atoms with van der Waals surface area (Å²) in [7, 11) is 0. The average molecular weight is 248 g/mol. The van der Waals surface area contributed by atoms with Crippen LogP contribution >= 0.6 is 0 Å². The summed E-state index contributed by atoms with van der Waals surface area (Å²) in [6.07, 6.45) is 0. The molecule has 1 aromatic heterocycles. The molecule has 4 nitrogen and oxygen atoms in total. The van der Waals surface area contributed by atoms with Gasteiger partial charge in [0.05, 0.1) is 12.1 Å². The maximum atomic E-state index is 13.8. The molecule has 1 heterocycles. The van der Waals surface area contributed by atoms with E-state index in [0.717, 1.165) is 6.54 Å². The van der Waals surface area contributed by atoms with Crippen molar-refractivity contribution in [1.82, 2.24) is 14.8 Å². The number of hydrogen-bond acceptors (Lipinski definition) is 3. The van der Waals surface area contributed by atoms with E-state index < -0.39 is 0 Å². The van der Waals surface area contributed by atoms with Crippen molar-refractivity contribution in [3.63, 3.8) is 0 Å². The molecule has 5 heteroatoms. The van der Waals surface area contributed by atoms with Gasteiger partial charge in [0, 0.05) is 6.54 Å². The van der Waals surface area contributed by atoms with Crippen molar-refractivity contribution in [1.29, 1.82) is 0 Å². The maximum Gasteiger partial charge on any atom is 0.166 e. The third-order valence-corrected chi connectivity index (χ3v) is 2.67. The number of halogens is 1. The Balaban J connectivity index is 2.51. The second-order valence-corrected chi connectivity index (χ2v) is 4.63. The Morgan fingerprint density at radius 1 is 1.28 bits per heavy atom. The van der Waals surface area contributed by atoms with Gasteiger partial charge in [-0.05, 0) is 18.1 Å². The van der Waals surface area contributed by atoms with Gasteiger partial charge >= 0.3 is 0 Å². The predicted octanol–water partition coefficient (Wildman–Crippen LogP) is 2.20. The zero-order chi connectivity index (χ0) is 13.1. The summed E-state index contributed by atoms with van der Waals surface area (Å²) in [5, 5.41) is 8.09. The fourth-order valence-electron chi connectivity index (χ4n) is 1.89. The zero-order valence-electron chi connectivity index (χ0n) is 10.6. The summed E-state index contributed by atoms with van der Waals surface area (Å²) < 4.78 is 15.7. The summed E-state index contributed by atoms with van der Waals surface area (Å²) in [4.78, 5) is 0. The molecule has 0 amide bonds. The average Bonchev–Trinajstić information content (AvgIpc) is 2.72. The van der Waals surface area contributed by atoms with Crippen LogP contribution in [0.25, 0.3) is 11.4 Å². The van der Waals surface area contributed by atoms with E-state index in [0.29, 0.717) is 29.7 Å². The summed E-state index contributed by atoms with van der Waals surface area (Å²) in [5.41, 5.74) is 6.10. The molecule has 0 fully saturated rings. The number of nitrogens with two attached hydrogens (primary N) is 1. The first kappa shape index (κ1) is 12.7. The third-order valence-electron chi connectivity index (χ3n) is 2.67. The van der Waals surface area contributed by atoms with Crippen LogP contribution in [0.1, 0.15) is 19.7 Å². The molecule has 0 radical (unpaired) electrons. The lowest BCUT2D eigenvalue weighted by atomic mass is 10.1. The van der Waals surface area contributed by atoms with E-state index in [2.05, 4.69) is 24.0 Å². The lowest BCUT2D eigenvalue weighted by molar-refractivity contribution is 0.509. The number of aromatic nitrogens is 3. The highest BCUT2D eigenvalue weighted by molar-refractivity contribution is 5.56. The number of benzene rings is 1. The van der Waals surface area contributed by atoms with E-state index in [-0.39, 0.29) is 5.82 Å². The number of nitrogens with zero attached hydrogens (tertiary/aromatic N) is 3. The zero-order valence-corrected chi connectivity index (χ0v) is 10.6. The second-order valence-electron chi connectivity index (χ2n) is 4.63. The summed E-state index contributed by atoms with van der Waals surface area (Å²) in [6, 6.07) is 6.57. The van der Waals surface area contributed by atoms with Crippen LogP contribution in [0.3, 0.4) is 0 Å². The fourth-order valence-corrected chi connectivity index (χ4v) is 1.89. The molecular weight excluding hydrogens is 231 g/mol. The van der Waals surface area contributed by atoms with Gasteiger partial charge in [0.1, 0.15) is 11.6 Å².